The van der Waals surface area contributed by atoms with E-state index in [-0.39, 0.29) is 11.8 Å². The standard InChI is InChI=1S/C29H22ClFN6O2/c1-17-4-2-3-5-23(17)24-11-8-19(30)12-26(24)37-28(38)36-21-15-34-29(35-16-21)39-22-9-6-18(7-10-22)25-13-20(31)14-33-27(25)32/h2-16H,1H3,(H2,32,33)(H2,36,37,38). The number of aromatic nitrogens is 3. The van der Waals surface area contributed by atoms with Crippen LogP contribution < -0.4 is 21.1 Å². The first-order chi connectivity index (χ1) is 18.9. The van der Waals surface area contributed by atoms with Crippen LogP contribution >= 0.6 is 11.6 Å². The molecular formula is C29H22ClFN6O2. The van der Waals surface area contributed by atoms with E-state index < -0.39 is 11.8 Å². The Morgan fingerprint density at radius 1 is 0.872 bits per heavy atom. The first-order valence-electron chi connectivity index (χ1n) is 11.8. The molecule has 3 aromatic carbocycles. The number of carbonyl (C=O) groups excluding carboxylic acids is 1. The highest BCUT2D eigenvalue weighted by Crippen LogP contribution is 2.33. The summed E-state index contributed by atoms with van der Waals surface area (Å²) in [6.07, 6.45) is 3.92. The Morgan fingerprint density at radius 3 is 2.36 bits per heavy atom. The van der Waals surface area contributed by atoms with E-state index in [0.717, 1.165) is 22.9 Å². The Balaban J connectivity index is 1.24. The number of ether oxygens (including phenoxy) is 1. The monoisotopic (exact) mass is 540 g/mol. The van der Waals surface area contributed by atoms with E-state index in [9.17, 15) is 9.18 Å². The van der Waals surface area contributed by atoms with Gasteiger partial charge in [-0.15, -0.1) is 0 Å². The Kier molecular flexibility index (Phi) is 7.33. The number of rotatable bonds is 6. The molecule has 0 saturated heterocycles. The number of benzene rings is 3. The van der Waals surface area contributed by atoms with Crippen LogP contribution in [0.4, 0.5) is 26.4 Å². The zero-order valence-electron chi connectivity index (χ0n) is 20.7. The highest BCUT2D eigenvalue weighted by Gasteiger charge is 2.12. The second-order valence-corrected chi connectivity index (χ2v) is 8.99. The minimum atomic E-state index is -0.480. The van der Waals surface area contributed by atoms with Crippen molar-refractivity contribution in [3.8, 4) is 34.0 Å². The van der Waals surface area contributed by atoms with Gasteiger partial charge in [-0.1, -0.05) is 54.1 Å². The summed E-state index contributed by atoms with van der Waals surface area (Å²) >= 11 is 6.20. The van der Waals surface area contributed by atoms with Gasteiger partial charge < -0.3 is 21.1 Å². The first kappa shape index (κ1) is 25.6. The van der Waals surface area contributed by atoms with E-state index >= 15 is 0 Å². The lowest BCUT2D eigenvalue weighted by Gasteiger charge is -2.14. The fourth-order valence-corrected chi connectivity index (χ4v) is 4.11. The van der Waals surface area contributed by atoms with Gasteiger partial charge in [0.05, 0.1) is 30.0 Å². The number of pyridine rings is 1. The first-order valence-corrected chi connectivity index (χ1v) is 12.2. The molecule has 2 aromatic heterocycles. The number of hydrogen-bond donors (Lipinski definition) is 3. The second kappa shape index (κ2) is 11.2. The minimum absolute atomic E-state index is 0.0809. The third-order valence-corrected chi connectivity index (χ3v) is 6.05. The second-order valence-electron chi connectivity index (χ2n) is 8.55. The zero-order chi connectivity index (χ0) is 27.4. The van der Waals surface area contributed by atoms with E-state index in [2.05, 4.69) is 25.6 Å². The van der Waals surface area contributed by atoms with Crippen molar-refractivity contribution in [3.63, 3.8) is 0 Å². The summed E-state index contributed by atoms with van der Waals surface area (Å²) in [6, 6.07) is 20.9. The number of halogens is 2. The van der Waals surface area contributed by atoms with Crippen LogP contribution in [0.1, 0.15) is 5.56 Å². The molecule has 0 aliphatic rings. The van der Waals surface area contributed by atoms with Crippen molar-refractivity contribution in [2.24, 2.45) is 0 Å². The van der Waals surface area contributed by atoms with Crippen LogP contribution in [0.2, 0.25) is 5.02 Å². The molecule has 10 heteroatoms. The molecule has 0 saturated carbocycles. The van der Waals surface area contributed by atoms with Crippen molar-refractivity contribution in [3.05, 3.63) is 108 Å². The summed E-state index contributed by atoms with van der Waals surface area (Å²) < 4.78 is 19.2. The van der Waals surface area contributed by atoms with Gasteiger partial charge in [0.25, 0.3) is 0 Å². The zero-order valence-corrected chi connectivity index (χ0v) is 21.4. The van der Waals surface area contributed by atoms with Gasteiger partial charge >= 0.3 is 12.0 Å². The Bertz CT molecular complexity index is 1650. The van der Waals surface area contributed by atoms with E-state index in [4.69, 9.17) is 22.1 Å². The molecule has 39 heavy (non-hydrogen) atoms. The molecule has 5 aromatic rings. The molecule has 2 amide bonds. The lowest BCUT2D eigenvalue weighted by Crippen LogP contribution is -2.20. The van der Waals surface area contributed by atoms with Gasteiger partial charge in [0.15, 0.2) is 0 Å². The third kappa shape index (κ3) is 6.11. The predicted octanol–water partition coefficient (Wildman–Crippen LogP) is 7.33. The van der Waals surface area contributed by atoms with Crippen molar-refractivity contribution >= 4 is 34.8 Å². The van der Waals surface area contributed by atoms with E-state index in [1.54, 1.807) is 36.4 Å². The average molecular weight is 541 g/mol. The molecule has 2 heterocycles. The Morgan fingerprint density at radius 2 is 1.62 bits per heavy atom. The van der Waals surface area contributed by atoms with Crippen molar-refractivity contribution in [1.82, 2.24) is 15.0 Å². The highest BCUT2D eigenvalue weighted by atomic mass is 35.5. The molecule has 0 aliphatic heterocycles. The summed E-state index contributed by atoms with van der Waals surface area (Å²) in [5.74, 6) is 0.210. The Labute approximate surface area is 228 Å². The van der Waals surface area contributed by atoms with Crippen LogP contribution in [0.25, 0.3) is 22.3 Å². The van der Waals surface area contributed by atoms with Crippen LogP contribution in [0.5, 0.6) is 11.8 Å². The quantitative estimate of drug-likeness (QED) is 0.208. The number of anilines is 3. The summed E-state index contributed by atoms with van der Waals surface area (Å²) in [6.45, 7) is 2.00. The number of urea groups is 1. The topological polar surface area (TPSA) is 115 Å². The molecule has 194 valence electrons. The van der Waals surface area contributed by atoms with Crippen molar-refractivity contribution in [2.45, 2.75) is 6.92 Å². The van der Waals surface area contributed by atoms with Gasteiger partial charge in [0, 0.05) is 16.1 Å². The SMILES string of the molecule is Cc1ccccc1-c1ccc(Cl)cc1NC(=O)Nc1cnc(Oc2ccc(-c3cc(F)cnc3N)cc2)nc1. The summed E-state index contributed by atoms with van der Waals surface area (Å²) in [5, 5.41) is 6.05. The predicted molar refractivity (Wildman–Crippen MR) is 150 cm³/mol. The Hall–Kier alpha value is -5.02. The smallest absolute Gasteiger partial charge is 0.323 e. The lowest BCUT2D eigenvalue weighted by atomic mass is 9.99. The summed E-state index contributed by atoms with van der Waals surface area (Å²) in [4.78, 5) is 24.9. The number of carbonyl (C=O) groups is 1. The number of nitrogens with one attached hydrogen (secondary N) is 2. The largest absolute Gasteiger partial charge is 0.424 e. The number of nitrogens with two attached hydrogens (primary N) is 1. The number of amides is 2. The van der Waals surface area contributed by atoms with Crippen LogP contribution in [0.15, 0.2) is 91.4 Å². The third-order valence-electron chi connectivity index (χ3n) is 5.81. The number of hydrogen-bond acceptors (Lipinski definition) is 6. The van der Waals surface area contributed by atoms with Crippen molar-refractivity contribution in [2.75, 3.05) is 16.4 Å². The van der Waals surface area contributed by atoms with Crippen LogP contribution in [-0.2, 0) is 0 Å². The molecule has 0 atom stereocenters. The van der Waals surface area contributed by atoms with Gasteiger partial charge in [-0.05, 0) is 53.9 Å². The molecule has 0 bridgehead atoms. The number of aryl methyl sites for hydroxylation is 1. The molecule has 0 unspecified atom stereocenters. The molecule has 4 N–H and O–H groups in total. The minimum Gasteiger partial charge on any atom is -0.424 e. The maximum Gasteiger partial charge on any atom is 0.323 e. The van der Waals surface area contributed by atoms with Gasteiger partial charge in [-0.2, -0.15) is 0 Å². The molecular weight excluding hydrogens is 519 g/mol. The van der Waals surface area contributed by atoms with Crippen molar-refractivity contribution < 1.29 is 13.9 Å². The highest BCUT2D eigenvalue weighted by molar-refractivity contribution is 6.31. The summed E-state index contributed by atoms with van der Waals surface area (Å²) in [5.41, 5.74) is 10.8. The molecule has 0 spiro atoms. The van der Waals surface area contributed by atoms with Crippen LogP contribution in [0, 0.1) is 12.7 Å². The average Bonchev–Trinajstić information content (AvgIpc) is 2.92. The molecule has 8 nitrogen and oxygen atoms in total. The van der Waals surface area contributed by atoms with Crippen LogP contribution in [-0.4, -0.2) is 21.0 Å². The van der Waals surface area contributed by atoms with Gasteiger partial charge in [-0.3, -0.25) is 0 Å². The normalized spacial score (nSPS) is 10.6. The van der Waals surface area contributed by atoms with Crippen LogP contribution in [0.3, 0.4) is 0 Å². The molecule has 0 aliphatic carbocycles. The molecule has 5 rings (SSSR count). The number of nitrogen functional groups attached to an aromatic ring is 1. The fourth-order valence-electron chi connectivity index (χ4n) is 3.94. The molecule has 0 radical (unpaired) electrons. The van der Waals surface area contributed by atoms with Crippen molar-refractivity contribution in [1.29, 1.82) is 0 Å². The molecule has 0 fully saturated rings. The summed E-state index contributed by atoms with van der Waals surface area (Å²) in [7, 11) is 0. The maximum absolute atomic E-state index is 13.5. The lowest BCUT2D eigenvalue weighted by molar-refractivity contribution is 0.262. The van der Waals surface area contributed by atoms with E-state index in [1.807, 2.05) is 37.3 Å². The number of nitrogens with zero attached hydrogens (tertiary/aromatic N) is 3. The van der Waals surface area contributed by atoms with Gasteiger partial charge in [0.2, 0.25) is 0 Å². The van der Waals surface area contributed by atoms with E-state index in [1.165, 1.54) is 18.5 Å². The maximum atomic E-state index is 13.5. The van der Waals surface area contributed by atoms with E-state index in [0.29, 0.717) is 33.3 Å². The van der Waals surface area contributed by atoms with Gasteiger partial charge in [0.1, 0.15) is 17.4 Å². The fraction of sp³-hybridized carbons (Fsp3) is 0.0345. The van der Waals surface area contributed by atoms with Gasteiger partial charge in [-0.25, -0.2) is 24.1 Å².